The van der Waals surface area contributed by atoms with Crippen molar-refractivity contribution in [3.63, 3.8) is 0 Å². The van der Waals surface area contributed by atoms with E-state index in [0.29, 0.717) is 5.75 Å². The number of aryl methyl sites for hydroxylation is 2. The van der Waals surface area contributed by atoms with Gasteiger partial charge in [-0.15, -0.1) is 0 Å². The van der Waals surface area contributed by atoms with Gasteiger partial charge >= 0.3 is 0 Å². The molecule has 5 heteroatoms. The first kappa shape index (κ1) is 12.3. The zero-order valence-corrected chi connectivity index (χ0v) is 10.2. The molecule has 1 amide bonds. The first-order chi connectivity index (χ1) is 8.60. The second-order valence-electron chi connectivity index (χ2n) is 4.08. The number of nitrogens with zero attached hydrogens (tertiary/aromatic N) is 1. The number of rotatable bonds is 3. The number of carbonyl (C=O) groups is 1. The summed E-state index contributed by atoms with van der Waals surface area (Å²) in [7, 11) is 0. The van der Waals surface area contributed by atoms with E-state index in [1.165, 1.54) is 5.48 Å². The van der Waals surface area contributed by atoms with Crippen LogP contribution in [0.15, 0.2) is 24.3 Å². The number of ether oxygens (including phenoxy) is 1. The lowest BCUT2D eigenvalue weighted by molar-refractivity contribution is -0.131. The molecule has 18 heavy (non-hydrogen) atoms. The van der Waals surface area contributed by atoms with Crippen molar-refractivity contribution in [3.8, 4) is 5.75 Å². The van der Waals surface area contributed by atoms with Crippen molar-refractivity contribution in [1.29, 1.82) is 0 Å². The van der Waals surface area contributed by atoms with Crippen molar-refractivity contribution in [1.82, 2.24) is 10.5 Å². The molecule has 0 fully saturated rings. The number of nitrogens with one attached hydrogen (secondary N) is 1. The van der Waals surface area contributed by atoms with Crippen LogP contribution in [-0.2, 0) is 4.79 Å². The van der Waals surface area contributed by atoms with Crippen LogP contribution in [-0.4, -0.2) is 22.7 Å². The van der Waals surface area contributed by atoms with Gasteiger partial charge in [-0.25, -0.2) is 5.48 Å². The Labute approximate surface area is 104 Å². The molecule has 94 valence electrons. The highest BCUT2D eigenvalue weighted by Crippen LogP contribution is 2.22. The average Bonchev–Trinajstić information content (AvgIpc) is 2.35. The summed E-state index contributed by atoms with van der Waals surface area (Å²) in [4.78, 5) is 15.3. The molecule has 0 saturated heterocycles. The Balaban J connectivity index is 2.29. The monoisotopic (exact) mass is 246 g/mol. The van der Waals surface area contributed by atoms with Gasteiger partial charge < -0.3 is 4.74 Å². The van der Waals surface area contributed by atoms with Crippen LogP contribution >= 0.6 is 0 Å². The Morgan fingerprint density at radius 1 is 1.39 bits per heavy atom. The molecule has 1 aromatic heterocycles. The molecule has 1 heterocycles. The van der Waals surface area contributed by atoms with Gasteiger partial charge in [0.05, 0.1) is 5.52 Å². The lowest BCUT2D eigenvalue weighted by Gasteiger charge is -2.07. The molecule has 0 aliphatic heterocycles. The number of fused-ring (bicyclic) bond motifs is 1. The van der Waals surface area contributed by atoms with Gasteiger partial charge in [0.2, 0.25) is 0 Å². The third-order valence-electron chi connectivity index (χ3n) is 2.61. The highest BCUT2D eigenvalue weighted by atomic mass is 16.5. The first-order valence-corrected chi connectivity index (χ1v) is 5.54. The molecule has 2 aromatic rings. The van der Waals surface area contributed by atoms with Gasteiger partial charge in [-0.1, -0.05) is 0 Å². The zero-order chi connectivity index (χ0) is 13.1. The Morgan fingerprint density at radius 3 is 2.89 bits per heavy atom. The highest BCUT2D eigenvalue weighted by Gasteiger charge is 2.04. The van der Waals surface area contributed by atoms with Gasteiger partial charge in [0.15, 0.2) is 6.61 Å². The Morgan fingerprint density at radius 2 is 2.17 bits per heavy atom. The van der Waals surface area contributed by atoms with Crippen LogP contribution < -0.4 is 10.2 Å². The van der Waals surface area contributed by atoms with Crippen LogP contribution in [0.5, 0.6) is 5.75 Å². The van der Waals surface area contributed by atoms with Crippen LogP contribution in [0.1, 0.15) is 11.3 Å². The normalized spacial score (nSPS) is 10.4. The van der Waals surface area contributed by atoms with Crippen molar-refractivity contribution < 1.29 is 14.7 Å². The molecule has 0 saturated carbocycles. The van der Waals surface area contributed by atoms with Gasteiger partial charge in [-0.05, 0) is 37.6 Å². The van der Waals surface area contributed by atoms with Crippen molar-refractivity contribution >= 4 is 16.8 Å². The largest absolute Gasteiger partial charge is 0.484 e. The van der Waals surface area contributed by atoms with E-state index in [9.17, 15) is 4.79 Å². The quantitative estimate of drug-likeness (QED) is 0.639. The third-order valence-corrected chi connectivity index (χ3v) is 2.61. The number of hydrogen-bond donors (Lipinski definition) is 2. The van der Waals surface area contributed by atoms with Gasteiger partial charge in [-0.2, -0.15) is 0 Å². The SMILES string of the molecule is Cc1cc(C)c2ccc(OCC(=O)NO)cc2n1. The summed E-state index contributed by atoms with van der Waals surface area (Å²) in [6.07, 6.45) is 0. The zero-order valence-electron chi connectivity index (χ0n) is 10.2. The van der Waals surface area contributed by atoms with E-state index in [0.717, 1.165) is 22.2 Å². The maximum absolute atomic E-state index is 10.9. The summed E-state index contributed by atoms with van der Waals surface area (Å²) in [6, 6.07) is 7.47. The summed E-state index contributed by atoms with van der Waals surface area (Å²) in [6.45, 7) is 3.72. The van der Waals surface area contributed by atoms with E-state index in [-0.39, 0.29) is 6.61 Å². The van der Waals surface area contributed by atoms with Crippen LogP contribution in [0.3, 0.4) is 0 Å². The molecule has 0 atom stereocenters. The number of hydrogen-bond acceptors (Lipinski definition) is 4. The summed E-state index contributed by atoms with van der Waals surface area (Å²) in [5.41, 5.74) is 4.42. The van der Waals surface area contributed by atoms with E-state index >= 15 is 0 Å². The Kier molecular flexibility index (Phi) is 3.43. The molecular weight excluding hydrogens is 232 g/mol. The van der Waals surface area contributed by atoms with Crippen molar-refractivity contribution in [2.75, 3.05) is 6.61 Å². The van der Waals surface area contributed by atoms with E-state index in [4.69, 9.17) is 9.94 Å². The number of hydroxylamine groups is 1. The van der Waals surface area contributed by atoms with Gasteiger partial charge in [0.1, 0.15) is 5.75 Å². The van der Waals surface area contributed by atoms with Crippen LogP contribution in [0.25, 0.3) is 10.9 Å². The van der Waals surface area contributed by atoms with E-state index < -0.39 is 5.91 Å². The summed E-state index contributed by atoms with van der Waals surface area (Å²) in [5.74, 6) is -0.0490. The maximum Gasteiger partial charge on any atom is 0.281 e. The van der Waals surface area contributed by atoms with Crippen molar-refractivity contribution in [2.45, 2.75) is 13.8 Å². The van der Waals surface area contributed by atoms with Gasteiger partial charge in [-0.3, -0.25) is 15.0 Å². The Hall–Kier alpha value is -2.14. The van der Waals surface area contributed by atoms with Crippen LogP contribution in [0, 0.1) is 13.8 Å². The van der Waals surface area contributed by atoms with Crippen molar-refractivity contribution in [2.24, 2.45) is 0 Å². The predicted octanol–water partition coefficient (Wildman–Crippen LogP) is 1.74. The number of aromatic nitrogens is 1. The molecular formula is C13H14N2O3. The topological polar surface area (TPSA) is 71.5 Å². The minimum atomic E-state index is -0.594. The van der Waals surface area contributed by atoms with E-state index in [2.05, 4.69) is 4.98 Å². The first-order valence-electron chi connectivity index (χ1n) is 5.54. The molecule has 2 N–H and O–H groups in total. The third kappa shape index (κ3) is 2.57. The fraction of sp³-hybridized carbons (Fsp3) is 0.231. The molecule has 0 radical (unpaired) electrons. The molecule has 5 nitrogen and oxygen atoms in total. The van der Waals surface area contributed by atoms with Crippen molar-refractivity contribution in [3.05, 3.63) is 35.5 Å². The summed E-state index contributed by atoms with van der Waals surface area (Å²) < 4.78 is 5.23. The van der Waals surface area contributed by atoms with Gasteiger partial charge in [0.25, 0.3) is 5.91 Å². The molecule has 0 aliphatic rings. The maximum atomic E-state index is 10.9. The summed E-state index contributed by atoms with van der Waals surface area (Å²) >= 11 is 0. The van der Waals surface area contributed by atoms with E-state index in [1.54, 1.807) is 12.1 Å². The number of amides is 1. The number of carbonyl (C=O) groups excluding carboxylic acids is 1. The predicted molar refractivity (Wildman–Crippen MR) is 66.6 cm³/mol. The second-order valence-corrected chi connectivity index (χ2v) is 4.08. The minimum absolute atomic E-state index is 0.229. The molecule has 0 spiro atoms. The lowest BCUT2D eigenvalue weighted by Crippen LogP contribution is -2.25. The molecule has 0 bridgehead atoms. The Bertz CT molecular complexity index is 596. The standard InChI is InChI=1S/C13H14N2O3/c1-8-5-9(2)14-12-6-10(3-4-11(8)12)18-7-13(16)15-17/h3-6,17H,7H2,1-2H3,(H,15,16). The fourth-order valence-electron chi connectivity index (χ4n) is 1.82. The molecule has 1 aromatic carbocycles. The highest BCUT2D eigenvalue weighted by molar-refractivity contribution is 5.83. The van der Waals surface area contributed by atoms with Crippen LogP contribution in [0.2, 0.25) is 0 Å². The van der Waals surface area contributed by atoms with Crippen LogP contribution in [0.4, 0.5) is 0 Å². The summed E-state index contributed by atoms with van der Waals surface area (Å²) in [5, 5.41) is 9.42. The number of pyridine rings is 1. The average molecular weight is 246 g/mol. The smallest absolute Gasteiger partial charge is 0.281 e. The fourth-order valence-corrected chi connectivity index (χ4v) is 1.82. The van der Waals surface area contributed by atoms with E-state index in [1.807, 2.05) is 26.0 Å². The minimum Gasteiger partial charge on any atom is -0.484 e. The number of benzene rings is 1. The molecule has 2 rings (SSSR count). The lowest BCUT2D eigenvalue weighted by atomic mass is 10.1. The molecule has 0 aliphatic carbocycles. The van der Waals surface area contributed by atoms with Gasteiger partial charge in [0, 0.05) is 17.1 Å². The second kappa shape index (κ2) is 5.01. The molecule has 0 unspecified atom stereocenters.